The molecule has 1 fully saturated rings. The summed E-state index contributed by atoms with van der Waals surface area (Å²) >= 11 is 1.46. The van der Waals surface area contributed by atoms with Gasteiger partial charge in [0.05, 0.1) is 6.26 Å². The van der Waals surface area contributed by atoms with Gasteiger partial charge in [0, 0.05) is 0 Å². The zero-order valence-corrected chi connectivity index (χ0v) is 14.7. The second-order valence-electron chi connectivity index (χ2n) is 6.42. The Morgan fingerprint density at radius 3 is 2.75 bits per heavy atom. The molecule has 0 bridgehead atoms. The first-order chi connectivity index (χ1) is 11.5. The van der Waals surface area contributed by atoms with E-state index in [2.05, 4.69) is 23.9 Å². The number of thiazole rings is 1. The number of quaternary nitrogens is 1. The highest BCUT2D eigenvalue weighted by atomic mass is 32.1. The number of hydrogen-bond donors (Lipinski definition) is 2. The first-order valence-corrected chi connectivity index (χ1v) is 8.93. The Morgan fingerprint density at radius 1 is 1.38 bits per heavy atom. The maximum atomic E-state index is 10.7. The van der Waals surface area contributed by atoms with E-state index in [9.17, 15) is 5.11 Å². The molecular weight excluding hydrogens is 328 g/mol. The molecule has 3 aromatic heterocycles. The Morgan fingerprint density at radius 2 is 2.12 bits per heavy atom. The summed E-state index contributed by atoms with van der Waals surface area (Å²) in [6, 6.07) is 3.75. The molecule has 4 atom stereocenters. The largest absolute Gasteiger partial charge is 0.492 e. The number of hydrogen-bond acceptors (Lipinski definition) is 6. The van der Waals surface area contributed by atoms with Crippen LogP contribution in [-0.4, -0.2) is 45.0 Å². The number of aryl methyl sites for hydroxylation is 1. The minimum Gasteiger partial charge on any atom is -0.492 e. The number of aromatic nitrogens is 3. The van der Waals surface area contributed by atoms with Crippen LogP contribution in [0.15, 0.2) is 22.8 Å². The van der Waals surface area contributed by atoms with E-state index in [1.165, 1.54) is 20.8 Å². The predicted molar refractivity (Wildman–Crippen MR) is 88.5 cm³/mol. The Hall–Kier alpha value is -1.90. The molecule has 8 heteroatoms. The standard InChI is InChI=1S/C16H20N4O3S/c1-9-7-19(8-10(2)23-9)13(12-5-4-6-22-12)14-15(21)20-16(24-14)17-11(3)18-20/h4-6,9-10,13,21H,7-8H2,1-3H3/p+1/t9-,10+,13-/m0/s1. The molecular formula is C16H21N4O3S+. The Bertz CT molecular complexity index is 831. The van der Waals surface area contributed by atoms with Crippen LogP contribution in [0.4, 0.5) is 0 Å². The van der Waals surface area contributed by atoms with Crippen molar-refractivity contribution in [3.8, 4) is 5.88 Å². The third-order valence-corrected chi connectivity index (χ3v) is 5.45. The molecule has 0 amide bonds. The number of nitrogens with zero attached hydrogens (tertiary/aromatic N) is 3. The quantitative estimate of drug-likeness (QED) is 0.742. The van der Waals surface area contributed by atoms with E-state index < -0.39 is 0 Å². The summed E-state index contributed by atoms with van der Waals surface area (Å²) in [5.74, 6) is 1.64. The Labute approximate surface area is 143 Å². The second kappa shape index (κ2) is 5.87. The van der Waals surface area contributed by atoms with Crippen molar-refractivity contribution in [3.05, 3.63) is 34.9 Å². The first kappa shape index (κ1) is 15.6. The van der Waals surface area contributed by atoms with Gasteiger partial charge in [0.15, 0.2) is 11.8 Å². The normalized spacial score (nSPS) is 26.0. The lowest BCUT2D eigenvalue weighted by Gasteiger charge is -2.36. The summed E-state index contributed by atoms with van der Waals surface area (Å²) in [4.78, 5) is 7.22. The van der Waals surface area contributed by atoms with E-state index in [-0.39, 0.29) is 24.1 Å². The number of furan rings is 1. The highest BCUT2D eigenvalue weighted by Gasteiger charge is 2.38. The molecule has 1 saturated heterocycles. The molecule has 3 aromatic rings. The van der Waals surface area contributed by atoms with E-state index in [1.54, 1.807) is 6.26 Å². The number of nitrogens with one attached hydrogen (secondary N) is 1. The lowest BCUT2D eigenvalue weighted by Crippen LogP contribution is -3.15. The van der Waals surface area contributed by atoms with Crippen molar-refractivity contribution < 1.29 is 19.2 Å². The van der Waals surface area contributed by atoms with Crippen molar-refractivity contribution in [2.24, 2.45) is 0 Å². The number of aromatic hydroxyl groups is 1. The summed E-state index contributed by atoms with van der Waals surface area (Å²) < 4.78 is 13.1. The fourth-order valence-corrected chi connectivity index (χ4v) is 4.72. The maximum absolute atomic E-state index is 10.7. The highest BCUT2D eigenvalue weighted by Crippen LogP contribution is 2.35. The average molecular weight is 349 g/mol. The van der Waals surface area contributed by atoms with E-state index in [1.807, 2.05) is 19.1 Å². The zero-order valence-electron chi connectivity index (χ0n) is 13.9. The lowest BCUT2D eigenvalue weighted by atomic mass is 10.1. The van der Waals surface area contributed by atoms with Gasteiger partial charge in [0.2, 0.25) is 10.8 Å². The van der Waals surface area contributed by atoms with E-state index >= 15 is 0 Å². The number of ether oxygens (including phenoxy) is 1. The topological polar surface area (TPSA) is 77.2 Å². The third kappa shape index (κ3) is 2.60. The zero-order chi connectivity index (χ0) is 16.8. The van der Waals surface area contributed by atoms with Crippen molar-refractivity contribution in [3.63, 3.8) is 0 Å². The van der Waals surface area contributed by atoms with Crippen molar-refractivity contribution in [1.29, 1.82) is 0 Å². The van der Waals surface area contributed by atoms with Crippen LogP contribution in [0.2, 0.25) is 0 Å². The average Bonchev–Trinajstić information content (AvgIpc) is 3.20. The van der Waals surface area contributed by atoms with Gasteiger partial charge < -0.3 is 19.2 Å². The first-order valence-electron chi connectivity index (χ1n) is 8.11. The minimum atomic E-state index is -0.0948. The summed E-state index contributed by atoms with van der Waals surface area (Å²) in [7, 11) is 0. The van der Waals surface area contributed by atoms with Gasteiger partial charge in [-0.3, -0.25) is 0 Å². The predicted octanol–water partition coefficient (Wildman–Crippen LogP) is 1.18. The van der Waals surface area contributed by atoms with Crippen LogP contribution in [0.1, 0.15) is 36.4 Å². The SMILES string of the molecule is Cc1nc2sc([C@H](c3ccco3)[NH+]3C[C@@H](C)O[C@@H](C)C3)c(O)n2n1. The van der Waals surface area contributed by atoms with Crippen LogP contribution >= 0.6 is 11.3 Å². The van der Waals surface area contributed by atoms with Crippen LogP contribution < -0.4 is 4.90 Å². The summed E-state index contributed by atoms with van der Waals surface area (Å²) in [6.07, 6.45) is 1.99. The molecule has 4 rings (SSSR count). The summed E-state index contributed by atoms with van der Waals surface area (Å²) in [5.41, 5.74) is 0. The molecule has 24 heavy (non-hydrogen) atoms. The second-order valence-corrected chi connectivity index (χ2v) is 7.42. The summed E-state index contributed by atoms with van der Waals surface area (Å²) in [6.45, 7) is 7.69. The fraction of sp³-hybridized carbons (Fsp3) is 0.500. The number of rotatable bonds is 3. The molecule has 0 aliphatic carbocycles. The van der Waals surface area contributed by atoms with Crippen LogP contribution in [0.25, 0.3) is 4.96 Å². The van der Waals surface area contributed by atoms with Crippen molar-refractivity contribution in [1.82, 2.24) is 14.6 Å². The van der Waals surface area contributed by atoms with Gasteiger partial charge in [0.25, 0.3) is 0 Å². The molecule has 0 spiro atoms. The minimum absolute atomic E-state index is 0.0948. The van der Waals surface area contributed by atoms with Crippen molar-refractivity contribution >= 4 is 16.3 Å². The molecule has 1 aliphatic rings. The van der Waals surface area contributed by atoms with Crippen molar-refractivity contribution in [2.75, 3.05) is 13.1 Å². The molecule has 7 nitrogen and oxygen atoms in total. The maximum Gasteiger partial charge on any atom is 0.235 e. The van der Waals surface area contributed by atoms with Gasteiger partial charge in [-0.2, -0.15) is 4.52 Å². The molecule has 0 saturated carbocycles. The van der Waals surface area contributed by atoms with E-state index in [0.29, 0.717) is 10.8 Å². The lowest BCUT2D eigenvalue weighted by molar-refractivity contribution is -0.940. The van der Waals surface area contributed by atoms with Gasteiger partial charge in [-0.05, 0) is 32.9 Å². The van der Waals surface area contributed by atoms with Crippen LogP contribution in [0, 0.1) is 6.92 Å². The van der Waals surface area contributed by atoms with Gasteiger partial charge in [-0.25, -0.2) is 4.98 Å². The Kier molecular flexibility index (Phi) is 3.82. The highest BCUT2D eigenvalue weighted by molar-refractivity contribution is 7.17. The molecule has 1 unspecified atom stereocenters. The third-order valence-electron chi connectivity index (χ3n) is 4.37. The van der Waals surface area contributed by atoms with Crippen molar-refractivity contribution in [2.45, 2.75) is 39.0 Å². The molecule has 4 heterocycles. The number of morpholine rings is 1. The van der Waals surface area contributed by atoms with Gasteiger partial charge in [0.1, 0.15) is 36.0 Å². The van der Waals surface area contributed by atoms with E-state index in [0.717, 1.165) is 23.7 Å². The molecule has 1 aliphatic heterocycles. The van der Waals surface area contributed by atoms with Gasteiger partial charge >= 0.3 is 0 Å². The smallest absolute Gasteiger partial charge is 0.235 e. The van der Waals surface area contributed by atoms with Crippen LogP contribution in [0.5, 0.6) is 5.88 Å². The molecule has 0 aromatic carbocycles. The molecule has 2 N–H and O–H groups in total. The molecule has 0 radical (unpaired) electrons. The van der Waals surface area contributed by atoms with E-state index in [4.69, 9.17) is 9.15 Å². The number of fused-ring (bicyclic) bond motifs is 1. The van der Waals surface area contributed by atoms with Crippen LogP contribution in [-0.2, 0) is 4.74 Å². The Balaban J connectivity index is 1.80. The van der Waals surface area contributed by atoms with Crippen LogP contribution in [0.3, 0.4) is 0 Å². The fourth-order valence-electron chi connectivity index (χ4n) is 3.56. The monoisotopic (exact) mass is 349 g/mol. The summed E-state index contributed by atoms with van der Waals surface area (Å²) in [5, 5.41) is 15.0. The molecule has 128 valence electrons. The van der Waals surface area contributed by atoms with Gasteiger partial charge in [-0.1, -0.05) is 11.3 Å². The van der Waals surface area contributed by atoms with Gasteiger partial charge in [-0.15, -0.1) is 5.10 Å².